The molecule has 0 saturated carbocycles. The van der Waals surface area contributed by atoms with Crippen molar-refractivity contribution >= 4 is 21.8 Å². The summed E-state index contributed by atoms with van der Waals surface area (Å²) in [5, 5.41) is 9.66. The van der Waals surface area contributed by atoms with Gasteiger partial charge in [-0.3, -0.25) is 4.72 Å². The number of para-hydroxylation sites is 3. The molecule has 0 fully saturated rings. The molecule has 0 atom stereocenters. The van der Waals surface area contributed by atoms with E-state index in [9.17, 15) is 13.7 Å². The highest BCUT2D eigenvalue weighted by Crippen LogP contribution is 2.37. The highest BCUT2D eigenvalue weighted by Gasteiger charge is 2.22. The number of sulfonamides is 1. The third-order valence-corrected chi connectivity index (χ3v) is 5.81. The van der Waals surface area contributed by atoms with E-state index >= 15 is 0 Å². The van der Waals surface area contributed by atoms with Gasteiger partial charge in [-0.25, -0.2) is 8.42 Å². The van der Waals surface area contributed by atoms with Gasteiger partial charge in [0.2, 0.25) is 0 Å². The Morgan fingerprint density at radius 1 is 0.848 bits per heavy atom. The Kier molecular flexibility index (Phi) is 7.43. The monoisotopic (exact) mass is 466 g/mol. The zero-order valence-corrected chi connectivity index (χ0v) is 19.0. The first-order valence-corrected chi connectivity index (χ1v) is 11.2. The van der Waals surface area contributed by atoms with E-state index in [2.05, 4.69) is 4.72 Å². The van der Waals surface area contributed by atoms with Crippen LogP contribution in [0, 0.1) is 11.3 Å². The van der Waals surface area contributed by atoms with Crippen LogP contribution in [-0.2, 0) is 10.0 Å². The van der Waals surface area contributed by atoms with Gasteiger partial charge >= 0.3 is 0 Å². The molecule has 33 heavy (non-hydrogen) atoms. The first kappa shape index (κ1) is 23.5. The molecule has 9 heteroatoms. The molecule has 0 bridgehead atoms. The van der Waals surface area contributed by atoms with E-state index in [1.165, 1.54) is 27.4 Å². The SMILES string of the molecule is COc1cc(OC)c(C=C(C#N)S(=O)(=O)Nc2ccccc2Oc2ccccc2)c(OC)c1. The molecule has 0 amide bonds. The minimum absolute atomic E-state index is 0.177. The molecular formula is C24H22N2O6S. The van der Waals surface area contributed by atoms with E-state index in [-0.39, 0.29) is 28.5 Å². The van der Waals surface area contributed by atoms with Gasteiger partial charge in [0.15, 0.2) is 10.7 Å². The largest absolute Gasteiger partial charge is 0.496 e. The average molecular weight is 467 g/mol. The van der Waals surface area contributed by atoms with Gasteiger partial charge in [-0.2, -0.15) is 5.26 Å². The molecule has 3 aromatic carbocycles. The lowest BCUT2D eigenvalue weighted by Crippen LogP contribution is -2.15. The third kappa shape index (κ3) is 5.56. The van der Waals surface area contributed by atoms with E-state index < -0.39 is 14.9 Å². The molecule has 0 spiro atoms. The van der Waals surface area contributed by atoms with Crippen molar-refractivity contribution in [1.82, 2.24) is 0 Å². The number of hydrogen-bond donors (Lipinski definition) is 1. The Bertz CT molecular complexity index is 1270. The zero-order valence-electron chi connectivity index (χ0n) is 18.2. The maximum Gasteiger partial charge on any atom is 0.272 e. The van der Waals surface area contributed by atoms with E-state index in [1.54, 1.807) is 66.7 Å². The number of allylic oxidation sites excluding steroid dienone is 1. The topological polar surface area (TPSA) is 107 Å². The van der Waals surface area contributed by atoms with Gasteiger partial charge < -0.3 is 18.9 Å². The van der Waals surface area contributed by atoms with Crippen molar-refractivity contribution < 1.29 is 27.4 Å². The Morgan fingerprint density at radius 3 is 2.03 bits per heavy atom. The molecule has 0 saturated heterocycles. The van der Waals surface area contributed by atoms with Gasteiger partial charge in [0.1, 0.15) is 29.1 Å². The van der Waals surface area contributed by atoms with E-state index in [1.807, 2.05) is 6.07 Å². The van der Waals surface area contributed by atoms with Crippen molar-refractivity contribution in [3.8, 4) is 34.8 Å². The van der Waals surface area contributed by atoms with E-state index in [4.69, 9.17) is 18.9 Å². The highest BCUT2D eigenvalue weighted by molar-refractivity contribution is 7.97. The van der Waals surface area contributed by atoms with Crippen LogP contribution in [0.25, 0.3) is 6.08 Å². The van der Waals surface area contributed by atoms with Gasteiger partial charge in [0, 0.05) is 12.1 Å². The van der Waals surface area contributed by atoms with Gasteiger partial charge in [0.25, 0.3) is 10.0 Å². The molecule has 0 aliphatic heterocycles. The number of rotatable bonds is 9. The molecular weight excluding hydrogens is 444 g/mol. The van der Waals surface area contributed by atoms with Crippen LogP contribution in [0.3, 0.4) is 0 Å². The lowest BCUT2D eigenvalue weighted by Gasteiger charge is -2.14. The summed E-state index contributed by atoms with van der Waals surface area (Å²) in [4.78, 5) is -0.543. The second-order valence-corrected chi connectivity index (χ2v) is 8.23. The normalized spacial score (nSPS) is 11.3. The second-order valence-electron chi connectivity index (χ2n) is 6.58. The van der Waals surface area contributed by atoms with Crippen molar-refractivity contribution in [3.05, 3.63) is 77.2 Å². The summed E-state index contributed by atoms with van der Waals surface area (Å²) in [7, 11) is 0.0398. The molecule has 3 rings (SSSR count). The van der Waals surface area contributed by atoms with Gasteiger partial charge in [-0.05, 0) is 30.3 Å². The molecule has 170 valence electrons. The Balaban J connectivity index is 2.00. The molecule has 0 aliphatic carbocycles. The number of nitriles is 1. The lowest BCUT2D eigenvalue weighted by atomic mass is 10.1. The number of hydrogen-bond acceptors (Lipinski definition) is 7. The van der Waals surface area contributed by atoms with Crippen LogP contribution in [-0.4, -0.2) is 29.7 Å². The van der Waals surface area contributed by atoms with Gasteiger partial charge in [0.05, 0.1) is 32.6 Å². The highest BCUT2D eigenvalue weighted by atomic mass is 32.2. The fraction of sp³-hybridized carbons (Fsp3) is 0.125. The van der Waals surface area contributed by atoms with Crippen LogP contribution in [0.2, 0.25) is 0 Å². The lowest BCUT2D eigenvalue weighted by molar-refractivity contribution is 0.374. The molecule has 0 heterocycles. The molecule has 8 nitrogen and oxygen atoms in total. The Hall–Kier alpha value is -4.16. The molecule has 0 aromatic heterocycles. The number of nitrogens with zero attached hydrogens (tertiary/aromatic N) is 1. The zero-order chi connectivity index (χ0) is 23.8. The minimum atomic E-state index is -4.28. The molecule has 0 unspecified atom stereocenters. The van der Waals surface area contributed by atoms with E-state index in [0.717, 1.165) is 0 Å². The second kappa shape index (κ2) is 10.4. The van der Waals surface area contributed by atoms with Crippen LogP contribution in [0.5, 0.6) is 28.7 Å². The molecule has 0 radical (unpaired) electrons. The minimum Gasteiger partial charge on any atom is -0.496 e. The van der Waals surface area contributed by atoms with E-state index in [0.29, 0.717) is 11.5 Å². The summed E-state index contributed by atoms with van der Waals surface area (Å²) in [5.41, 5.74) is 0.452. The summed E-state index contributed by atoms with van der Waals surface area (Å²) < 4.78 is 50.3. The first-order valence-electron chi connectivity index (χ1n) is 9.68. The van der Waals surface area contributed by atoms with Gasteiger partial charge in [-0.15, -0.1) is 0 Å². The Morgan fingerprint density at radius 2 is 1.45 bits per heavy atom. The maximum absolute atomic E-state index is 13.1. The van der Waals surface area contributed by atoms with Crippen LogP contribution in [0.4, 0.5) is 5.69 Å². The quantitative estimate of drug-likeness (QED) is 0.451. The summed E-state index contributed by atoms with van der Waals surface area (Å²) in [6.07, 6.45) is 1.18. The smallest absolute Gasteiger partial charge is 0.272 e. The predicted molar refractivity (Wildman–Crippen MR) is 125 cm³/mol. The van der Waals surface area contributed by atoms with Crippen molar-refractivity contribution in [1.29, 1.82) is 5.26 Å². The number of nitrogens with one attached hydrogen (secondary N) is 1. The summed E-state index contributed by atoms with van der Waals surface area (Å²) >= 11 is 0. The molecule has 1 N–H and O–H groups in total. The number of benzene rings is 3. The van der Waals surface area contributed by atoms with Crippen molar-refractivity contribution in [2.45, 2.75) is 0 Å². The van der Waals surface area contributed by atoms with Crippen LogP contribution in [0.15, 0.2) is 71.6 Å². The summed E-state index contributed by atoms with van der Waals surface area (Å²) in [5.74, 6) is 1.83. The number of ether oxygens (including phenoxy) is 4. The standard InChI is InChI=1S/C24H22N2O6S/c1-29-18-13-23(30-2)20(24(14-18)31-3)15-19(16-25)33(27,28)26-21-11-7-8-12-22(21)32-17-9-5-4-6-10-17/h4-15,26H,1-3H3. The maximum atomic E-state index is 13.1. The molecule has 3 aromatic rings. The fourth-order valence-electron chi connectivity index (χ4n) is 2.93. The number of anilines is 1. The van der Waals surface area contributed by atoms with Gasteiger partial charge in [-0.1, -0.05) is 30.3 Å². The predicted octanol–water partition coefficient (Wildman–Crippen LogP) is 4.81. The Labute approximate surface area is 192 Å². The average Bonchev–Trinajstić information content (AvgIpc) is 2.83. The van der Waals surface area contributed by atoms with Crippen LogP contribution in [0.1, 0.15) is 5.56 Å². The van der Waals surface area contributed by atoms with Crippen molar-refractivity contribution in [2.75, 3.05) is 26.1 Å². The fourth-order valence-corrected chi connectivity index (χ4v) is 3.89. The first-order chi connectivity index (χ1) is 15.9. The third-order valence-electron chi connectivity index (χ3n) is 4.53. The van der Waals surface area contributed by atoms with Crippen LogP contribution >= 0.6 is 0 Å². The number of methoxy groups -OCH3 is 3. The summed E-state index contributed by atoms with van der Waals surface area (Å²) in [6.45, 7) is 0. The summed E-state index contributed by atoms with van der Waals surface area (Å²) in [6, 6.07) is 20.3. The van der Waals surface area contributed by atoms with Crippen LogP contribution < -0.4 is 23.7 Å². The van der Waals surface area contributed by atoms with Crippen molar-refractivity contribution in [3.63, 3.8) is 0 Å². The molecule has 0 aliphatic rings. The van der Waals surface area contributed by atoms with Crippen molar-refractivity contribution in [2.24, 2.45) is 0 Å².